The van der Waals surface area contributed by atoms with E-state index in [9.17, 15) is 14.4 Å². The third-order valence-electron chi connectivity index (χ3n) is 7.87. The number of fused-ring (bicyclic) bond motifs is 3. The van der Waals surface area contributed by atoms with Crippen LogP contribution in [0, 0.1) is 5.92 Å². The number of benzene rings is 1. The standard InChI is InChI=1S/C30H43NO5/c1-9-10-11-12-15-29(5,6)22-16-26(35-21(4)34)28-24-18-23(31(19(2)32)20(3)33)13-14-25(24)30(7,8)36-27(28)17-22/h13,16-17,24-25H,9-12,14-15,18H2,1-8H3/t24-,25-/m1/s1. The van der Waals surface area contributed by atoms with Crippen LogP contribution in [0.5, 0.6) is 11.5 Å². The number of hydrogen-bond donors (Lipinski definition) is 0. The number of esters is 1. The lowest BCUT2D eigenvalue weighted by Gasteiger charge is -2.48. The van der Waals surface area contributed by atoms with Gasteiger partial charge in [-0.1, -0.05) is 52.5 Å². The Morgan fingerprint density at radius 2 is 1.75 bits per heavy atom. The predicted octanol–water partition coefficient (Wildman–Crippen LogP) is 6.80. The largest absolute Gasteiger partial charge is 0.487 e. The molecule has 1 aromatic rings. The van der Waals surface area contributed by atoms with Crippen LogP contribution in [0.1, 0.15) is 117 Å². The first-order chi connectivity index (χ1) is 16.8. The van der Waals surface area contributed by atoms with Gasteiger partial charge in [0.1, 0.15) is 17.1 Å². The molecule has 1 aliphatic carbocycles. The second kappa shape index (κ2) is 10.8. The van der Waals surface area contributed by atoms with Gasteiger partial charge in [-0.2, -0.15) is 0 Å². The zero-order valence-electron chi connectivity index (χ0n) is 23.3. The average molecular weight is 498 g/mol. The van der Waals surface area contributed by atoms with Gasteiger partial charge in [0.05, 0.1) is 0 Å². The molecule has 0 fully saturated rings. The topological polar surface area (TPSA) is 72.9 Å². The Morgan fingerprint density at radius 3 is 2.33 bits per heavy atom. The third kappa shape index (κ3) is 5.84. The van der Waals surface area contributed by atoms with Crippen molar-refractivity contribution in [1.29, 1.82) is 0 Å². The van der Waals surface area contributed by atoms with Gasteiger partial charge in [-0.05, 0) is 56.2 Å². The van der Waals surface area contributed by atoms with Gasteiger partial charge in [-0.3, -0.25) is 19.3 Å². The van der Waals surface area contributed by atoms with Crippen LogP contribution in [0.4, 0.5) is 0 Å². The van der Waals surface area contributed by atoms with Crippen LogP contribution in [0.15, 0.2) is 23.9 Å². The molecule has 2 amide bonds. The minimum Gasteiger partial charge on any atom is -0.487 e. The summed E-state index contributed by atoms with van der Waals surface area (Å²) in [6.07, 6.45) is 8.94. The molecular weight excluding hydrogens is 454 g/mol. The summed E-state index contributed by atoms with van der Waals surface area (Å²) >= 11 is 0. The fourth-order valence-electron chi connectivity index (χ4n) is 5.94. The van der Waals surface area contributed by atoms with Crippen molar-refractivity contribution in [2.45, 2.75) is 117 Å². The molecular formula is C30H43NO5. The first-order valence-corrected chi connectivity index (χ1v) is 13.3. The van der Waals surface area contributed by atoms with E-state index in [4.69, 9.17) is 9.47 Å². The van der Waals surface area contributed by atoms with E-state index in [-0.39, 0.29) is 35.0 Å². The maximum absolute atomic E-state index is 12.3. The van der Waals surface area contributed by atoms with Crippen LogP contribution in [-0.4, -0.2) is 28.3 Å². The summed E-state index contributed by atoms with van der Waals surface area (Å²) in [5.41, 5.74) is 2.07. The van der Waals surface area contributed by atoms with E-state index in [1.807, 2.05) is 12.1 Å². The monoisotopic (exact) mass is 497 g/mol. The van der Waals surface area contributed by atoms with Gasteiger partial charge in [0.2, 0.25) is 11.8 Å². The van der Waals surface area contributed by atoms with E-state index >= 15 is 0 Å². The van der Waals surface area contributed by atoms with Crippen LogP contribution >= 0.6 is 0 Å². The fraction of sp³-hybridized carbons (Fsp3) is 0.633. The highest BCUT2D eigenvalue weighted by Crippen LogP contribution is 2.55. The Kier molecular flexibility index (Phi) is 8.37. The molecule has 198 valence electrons. The van der Waals surface area contributed by atoms with Crippen molar-refractivity contribution in [3.05, 3.63) is 35.0 Å². The second-order valence-electron chi connectivity index (χ2n) is 11.6. The van der Waals surface area contributed by atoms with Gasteiger partial charge in [-0.15, -0.1) is 0 Å². The lowest BCUT2D eigenvalue weighted by Crippen LogP contribution is -2.47. The number of nitrogens with zero attached hydrogens (tertiary/aromatic N) is 1. The zero-order valence-corrected chi connectivity index (χ0v) is 23.3. The lowest BCUT2D eigenvalue weighted by atomic mass is 9.67. The van der Waals surface area contributed by atoms with Crippen molar-refractivity contribution < 1.29 is 23.9 Å². The number of rotatable bonds is 8. The summed E-state index contributed by atoms with van der Waals surface area (Å²) < 4.78 is 12.4. The molecule has 6 heteroatoms. The summed E-state index contributed by atoms with van der Waals surface area (Å²) in [7, 11) is 0. The highest BCUT2D eigenvalue weighted by Gasteiger charge is 2.47. The summed E-state index contributed by atoms with van der Waals surface area (Å²) in [5.74, 6) is 0.351. The molecule has 0 unspecified atom stereocenters. The molecule has 0 N–H and O–H groups in total. The highest BCUT2D eigenvalue weighted by molar-refractivity contribution is 5.95. The SMILES string of the molecule is CCCCCCC(C)(C)c1cc(OC(C)=O)c2c(c1)OC(C)(C)[C@@H]1CC=C(N(C(C)=O)C(C)=O)C[C@@H]21. The van der Waals surface area contributed by atoms with Crippen molar-refractivity contribution >= 4 is 17.8 Å². The number of allylic oxidation sites excluding steroid dienone is 2. The summed E-state index contributed by atoms with van der Waals surface area (Å²) in [6.45, 7) is 15.1. The molecule has 0 spiro atoms. The molecule has 3 rings (SSSR count). The van der Waals surface area contributed by atoms with Crippen LogP contribution in [0.3, 0.4) is 0 Å². The quantitative estimate of drug-likeness (QED) is 0.224. The Balaban J connectivity index is 2.09. The molecule has 0 bridgehead atoms. The molecule has 2 atom stereocenters. The van der Waals surface area contributed by atoms with E-state index in [2.05, 4.69) is 40.7 Å². The zero-order chi connectivity index (χ0) is 26.8. The van der Waals surface area contributed by atoms with Crippen LogP contribution in [-0.2, 0) is 19.8 Å². The molecule has 1 heterocycles. The molecule has 0 radical (unpaired) electrons. The summed E-state index contributed by atoms with van der Waals surface area (Å²) in [6, 6.07) is 4.12. The lowest BCUT2D eigenvalue weighted by molar-refractivity contribution is -0.140. The van der Waals surface area contributed by atoms with Crippen molar-refractivity contribution in [3.63, 3.8) is 0 Å². The molecule has 1 aromatic carbocycles. The predicted molar refractivity (Wildman–Crippen MR) is 141 cm³/mol. The molecule has 36 heavy (non-hydrogen) atoms. The van der Waals surface area contributed by atoms with Crippen molar-refractivity contribution in [3.8, 4) is 11.5 Å². The first kappa shape index (κ1) is 27.9. The van der Waals surface area contributed by atoms with Crippen molar-refractivity contribution in [2.75, 3.05) is 0 Å². The summed E-state index contributed by atoms with van der Waals surface area (Å²) in [4.78, 5) is 38.0. The highest BCUT2D eigenvalue weighted by atomic mass is 16.5. The van der Waals surface area contributed by atoms with Crippen LogP contribution in [0.2, 0.25) is 0 Å². The third-order valence-corrected chi connectivity index (χ3v) is 7.87. The molecule has 2 aliphatic rings. The van der Waals surface area contributed by atoms with Gasteiger partial charge >= 0.3 is 5.97 Å². The van der Waals surface area contributed by atoms with E-state index in [1.54, 1.807) is 0 Å². The molecule has 0 aromatic heterocycles. The Hall–Kier alpha value is -2.63. The van der Waals surface area contributed by atoms with E-state index in [0.717, 1.165) is 29.7 Å². The van der Waals surface area contributed by atoms with E-state index in [1.165, 1.54) is 44.9 Å². The Labute approximate surface area is 216 Å². The Bertz CT molecular complexity index is 1040. The van der Waals surface area contributed by atoms with Crippen LogP contribution in [0.25, 0.3) is 0 Å². The number of carbonyl (C=O) groups excluding carboxylic acids is 3. The maximum Gasteiger partial charge on any atom is 0.308 e. The number of unbranched alkanes of at least 4 members (excludes halogenated alkanes) is 3. The van der Waals surface area contributed by atoms with Gasteiger partial charge in [0, 0.05) is 43.9 Å². The maximum atomic E-state index is 12.3. The molecule has 1 aliphatic heterocycles. The number of amides is 2. The normalized spacial score (nSPS) is 20.4. The fourth-order valence-corrected chi connectivity index (χ4v) is 5.94. The van der Waals surface area contributed by atoms with Gasteiger partial charge < -0.3 is 9.47 Å². The van der Waals surface area contributed by atoms with Crippen molar-refractivity contribution in [2.24, 2.45) is 5.92 Å². The molecule has 0 saturated carbocycles. The second-order valence-corrected chi connectivity index (χ2v) is 11.6. The summed E-state index contributed by atoms with van der Waals surface area (Å²) in [5, 5.41) is 0. The van der Waals surface area contributed by atoms with Crippen LogP contribution < -0.4 is 9.47 Å². The van der Waals surface area contributed by atoms with E-state index < -0.39 is 5.60 Å². The van der Waals surface area contributed by atoms with Gasteiger partial charge in [0.15, 0.2) is 0 Å². The number of imide groups is 1. The average Bonchev–Trinajstić information content (AvgIpc) is 2.75. The number of hydrogen-bond acceptors (Lipinski definition) is 5. The number of carbonyl (C=O) groups is 3. The first-order valence-electron chi connectivity index (χ1n) is 13.3. The Morgan fingerprint density at radius 1 is 1.08 bits per heavy atom. The smallest absolute Gasteiger partial charge is 0.308 e. The minimum absolute atomic E-state index is 0.0546. The molecule has 0 saturated heterocycles. The van der Waals surface area contributed by atoms with Gasteiger partial charge in [0.25, 0.3) is 0 Å². The van der Waals surface area contributed by atoms with Gasteiger partial charge in [-0.25, -0.2) is 0 Å². The van der Waals surface area contributed by atoms with E-state index in [0.29, 0.717) is 24.3 Å². The minimum atomic E-state index is -0.464. The van der Waals surface area contributed by atoms with Crippen molar-refractivity contribution in [1.82, 2.24) is 4.90 Å². The number of ether oxygens (including phenoxy) is 2. The molecule has 6 nitrogen and oxygen atoms in total.